The van der Waals surface area contributed by atoms with Crippen molar-refractivity contribution in [1.82, 2.24) is 4.90 Å². The zero-order valence-corrected chi connectivity index (χ0v) is 17.1. The number of thioether (sulfide) groups is 1. The second kappa shape index (κ2) is 7.62. The molecular weight excluding hydrogens is 425 g/mol. The number of furan rings is 1. The van der Waals surface area contributed by atoms with Crippen molar-refractivity contribution in [3.8, 4) is 22.8 Å². The smallest absolute Gasteiger partial charge is 0.266 e. The van der Waals surface area contributed by atoms with E-state index in [-0.39, 0.29) is 18.5 Å². The fourth-order valence-corrected chi connectivity index (χ4v) is 4.45. The largest absolute Gasteiger partial charge is 0.457 e. The topological polar surface area (TPSA) is 51.9 Å². The van der Waals surface area contributed by atoms with E-state index >= 15 is 0 Å². The maximum absolute atomic E-state index is 13.4. The fraction of sp³-hybridized carbons (Fsp3) is 0.0909. The first-order valence-corrected chi connectivity index (χ1v) is 10.3. The SMILES string of the molecule is O=C1/C(=C\c2ccc(-c3cccc(F)c3)o2)SC(=S)N1Cc1ccc2c(c1)OCO2. The normalized spacial score (nSPS) is 16.7. The van der Waals surface area contributed by atoms with E-state index in [4.69, 9.17) is 26.1 Å². The van der Waals surface area contributed by atoms with E-state index in [1.54, 1.807) is 35.2 Å². The minimum atomic E-state index is -0.338. The van der Waals surface area contributed by atoms with E-state index < -0.39 is 0 Å². The molecule has 1 amide bonds. The van der Waals surface area contributed by atoms with E-state index in [9.17, 15) is 9.18 Å². The molecule has 3 heterocycles. The van der Waals surface area contributed by atoms with E-state index in [0.717, 1.165) is 5.56 Å². The Morgan fingerprint density at radius 1 is 1.10 bits per heavy atom. The molecule has 0 spiro atoms. The Bertz CT molecular complexity index is 1200. The predicted molar refractivity (Wildman–Crippen MR) is 115 cm³/mol. The Labute approximate surface area is 181 Å². The minimum Gasteiger partial charge on any atom is -0.457 e. The van der Waals surface area contributed by atoms with Crippen molar-refractivity contribution in [2.24, 2.45) is 0 Å². The molecule has 0 radical (unpaired) electrons. The molecule has 30 heavy (non-hydrogen) atoms. The van der Waals surface area contributed by atoms with Crippen LogP contribution in [0, 0.1) is 5.82 Å². The van der Waals surface area contributed by atoms with Gasteiger partial charge >= 0.3 is 0 Å². The summed E-state index contributed by atoms with van der Waals surface area (Å²) in [4.78, 5) is 14.9. The number of hydrogen-bond donors (Lipinski definition) is 0. The predicted octanol–water partition coefficient (Wildman–Crippen LogP) is 5.22. The molecule has 2 aromatic carbocycles. The highest BCUT2D eigenvalue weighted by atomic mass is 32.2. The Balaban J connectivity index is 1.34. The van der Waals surface area contributed by atoms with Gasteiger partial charge in [0, 0.05) is 11.6 Å². The van der Waals surface area contributed by atoms with Gasteiger partial charge in [-0.05, 0) is 42.0 Å². The third kappa shape index (κ3) is 3.59. The molecule has 1 fully saturated rings. The average Bonchev–Trinajstić information content (AvgIpc) is 3.45. The van der Waals surface area contributed by atoms with Gasteiger partial charge in [-0.25, -0.2) is 4.39 Å². The molecule has 0 N–H and O–H groups in total. The van der Waals surface area contributed by atoms with Crippen molar-refractivity contribution in [3.05, 3.63) is 76.6 Å². The van der Waals surface area contributed by atoms with E-state index in [1.165, 1.54) is 23.9 Å². The number of carbonyl (C=O) groups excluding carboxylic acids is 1. The molecule has 2 aliphatic heterocycles. The zero-order chi connectivity index (χ0) is 20.7. The van der Waals surface area contributed by atoms with Crippen LogP contribution in [-0.2, 0) is 11.3 Å². The lowest BCUT2D eigenvalue weighted by atomic mass is 10.2. The molecule has 1 aromatic heterocycles. The standard InChI is InChI=1S/C22H14FNO4S2/c23-15-3-1-2-14(9-15)17-7-5-16(28-17)10-20-21(25)24(22(29)30-20)11-13-4-6-18-19(8-13)27-12-26-18/h1-10H,11-12H2/b20-10+. The summed E-state index contributed by atoms with van der Waals surface area (Å²) in [6, 6.07) is 15.2. The molecule has 5 nitrogen and oxygen atoms in total. The van der Waals surface area contributed by atoms with Crippen LogP contribution in [0.3, 0.4) is 0 Å². The summed E-state index contributed by atoms with van der Waals surface area (Å²) in [6.45, 7) is 0.536. The van der Waals surface area contributed by atoms with Gasteiger partial charge < -0.3 is 13.9 Å². The highest BCUT2D eigenvalue weighted by Crippen LogP contribution is 2.37. The Morgan fingerprint density at radius 3 is 2.83 bits per heavy atom. The summed E-state index contributed by atoms with van der Waals surface area (Å²) in [5.41, 5.74) is 1.52. The molecule has 8 heteroatoms. The average molecular weight is 439 g/mol. The summed E-state index contributed by atoms with van der Waals surface area (Å²) < 4.78 is 30.4. The van der Waals surface area contributed by atoms with Crippen LogP contribution >= 0.6 is 24.0 Å². The Morgan fingerprint density at radius 2 is 1.97 bits per heavy atom. The molecule has 0 saturated carbocycles. The van der Waals surface area contributed by atoms with Crippen LogP contribution in [0.2, 0.25) is 0 Å². The van der Waals surface area contributed by atoms with E-state index in [0.29, 0.717) is 44.4 Å². The van der Waals surface area contributed by atoms with Crippen LogP contribution in [0.4, 0.5) is 4.39 Å². The zero-order valence-electron chi connectivity index (χ0n) is 15.5. The molecule has 2 aliphatic rings. The number of carbonyl (C=O) groups is 1. The maximum Gasteiger partial charge on any atom is 0.266 e. The molecule has 0 aliphatic carbocycles. The fourth-order valence-electron chi connectivity index (χ4n) is 3.21. The second-order valence-electron chi connectivity index (χ2n) is 6.67. The number of ether oxygens (including phenoxy) is 2. The van der Waals surface area contributed by atoms with Gasteiger partial charge in [0.2, 0.25) is 6.79 Å². The highest BCUT2D eigenvalue weighted by molar-refractivity contribution is 8.26. The van der Waals surface area contributed by atoms with Crippen LogP contribution in [0.25, 0.3) is 17.4 Å². The van der Waals surface area contributed by atoms with Crippen molar-refractivity contribution < 1.29 is 23.1 Å². The summed E-state index contributed by atoms with van der Waals surface area (Å²) in [6.07, 6.45) is 1.65. The number of benzene rings is 2. The van der Waals surface area contributed by atoms with Crippen molar-refractivity contribution >= 4 is 40.3 Å². The minimum absolute atomic E-state index is 0.189. The number of thiocarbonyl (C=S) groups is 1. The number of amides is 1. The van der Waals surface area contributed by atoms with Gasteiger partial charge in [-0.3, -0.25) is 9.69 Å². The van der Waals surface area contributed by atoms with Crippen LogP contribution in [0.15, 0.2) is 63.9 Å². The lowest BCUT2D eigenvalue weighted by Gasteiger charge is -2.14. The van der Waals surface area contributed by atoms with Gasteiger partial charge in [-0.15, -0.1) is 0 Å². The third-order valence-electron chi connectivity index (χ3n) is 4.66. The van der Waals surface area contributed by atoms with Crippen molar-refractivity contribution in [3.63, 3.8) is 0 Å². The Kier molecular flexibility index (Phi) is 4.80. The number of hydrogen-bond acceptors (Lipinski definition) is 6. The quantitative estimate of drug-likeness (QED) is 0.411. The number of halogens is 1. The number of rotatable bonds is 4. The summed E-state index contributed by atoms with van der Waals surface area (Å²) in [5, 5.41) is 0. The van der Waals surface area contributed by atoms with Gasteiger partial charge in [0.05, 0.1) is 11.4 Å². The summed E-state index contributed by atoms with van der Waals surface area (Å²) in [7, 11) is 0. The van der Waals surface area contributed by atoms with Gasteiger partial charge in [-0.2, -0.15) is 0 Å². The van der Waals surface area contributed by atoms with Gasteiger partial charge in [-0.1, -0.05) is 42.2 Å². The monoisotopic (exact) mass is 439 g/mol. The highest BCUT2D eigenvalue weighted by Gasteiger charge is 2.32. The summed E-state index contributed by atoms with van der Waals surface area (Å²) in [5.74, 6) is 1.85. The molecule has 0 bridgehead atoms. The molecule has 3 aromatic rings. The molecule has 1 saturated heterocycles. The lowest BCUT2D eigenvalue weighted by Crippen LogP contribution is -2.27. The van der Waals surface area contributed by atoms with Crippen LogP contribution in [-0.4, -0.2) is 21.9 Å². The summed E-state index contributed by atoms with van der Waals surface area (Å²) >= 11 is 6.63. The molecule has 150 valence electrons. The van der Waals surface area contributed by atoms with Gasteiger partial charge in [0.15, 0.2) is 11.5 Å². The Hall–Kier alpha value is -3.10. The first kappa shape index (κ1) is 18.9. The lowest BCUT2D eigenvalue weighted by molar-refractivity contribution is -0.122. The maximum atomic E-state index is 13.4. The second-order valence-corrected chi connectivity index (χ2v) is 8.34. The number of fused-ring (bicyclic) bond motifs is 1. The van der Waals surface area contributed by atoms with Gasteiger partial charge in [0.25, 0.3) is 5.91 Å². The van der Waals surface area contributed by atoms with Crippen molar-refractivity contribution in [2.75, 3.05) is 6.79 Å². The molecular formula is C22H14FNO4S2. The molecule has 5 rings (SSSR count). The van der Waals surface area contributed by atoms with E-state index in [1.807, 2.05) is 18.2 Å². The van der Waals surface area contributed by atoms with Crippen LogP contribution in [0.1, 0.15) is 11.3 Å². The first-order chi connectivity index (χ1) is 14.6. The third-order valence-corrected chi connectivity index (χ3v) is 6.04. The van der Waals surface area contributed by atoms with Crippen LogP contribution in [0.5, 0.6) is 11.5 Å². The first-order valence-electron chi connectivity index (χ1n) is 9.06. The van der Waals surface area contributed by atoms with Crippen molar-refractivity contribution in [2.45, 2.75) is 6.54 Å². The molecule has 0 atom stereocenters. The van der Waals surface area contributed by atoms with Crippen LogP contribution < -0.4 is 9.47 Å². The van der Waals surface area contributed by atoms with Gasteiger partial charge in [0.1, 0.15) is 21.7 Å². The van der Waals surface area contributed by atoms with E-state index in [2.05, 4.69) is 0 Å². The van der Waals surface area contributed by atoms with Crippen molar-refractivity contribution in [1.29, 1.82) is 0 Å². The number of nitrogens with zero attached hydrogens (tertiary/aromatic N) is 1. The molecule has 0 unspecified atom stereocenters.